The molecule has 0 unspecified atom stereocenters. The average molecular weight is 219 g/mol. The first-order valence-corrected chi connectivity index (χ1v) is 7.26. The van der Waals surface area contributed by atoms with Gasteiger partial charge < -0.3 is 0 Å². The van der Waals surface area contributed by atoms with Crippen molar-refractivity contribution in [3.63, 3.8) is 0 Å². The van der Waals surface area contributed by atoms with Crippen molar-refractivity contribution >= 4 is 10.0 Å². The summed E-state index contributed by atoms with van der Waals surface area (Å²) in [5, 5.41) is 0. The molecular formula is C10H21NO2S. The van der Waals surface area contributed by atoms with E-state index in [0.717, 1.165) is 0 Å². The van der Waals surface area contributed by atoms with Crippen LogP contribution in [0.5, 0.6) is 0 Å². The van der Waals surface area contributed by atoms with Crippen molar-refractivity contribution < 1.29 is 8.42 Å². The van der Waals surface area contributed by atoms with Gasteiger partial charge in [0.25, 0.3) is 0 Å². The number of sulfonamides is 1. The molecule has 0 atom stereocenters. The van der Waals surface area contributed by atoms with E-state index in [-0.39, 0.29) is 5.75 Å². The van der Waals surface area contributed by atoms with Crippen molar-refractivity contribution in [2.24, 2.45) is 5.92 Å². The fraction of sp³-hybridized carbons (Fsp3) is 1.00. The zero-order chi connectivity index (χ0) is 10.4. The van der Waals surface area contributed by atoms with Gasteiger partial charge in [-0.1, -0.05) is 26.2 Å². The van der Waals surface area contributed by atoms with Crippen LogP contribution in [0.1, 0.15) is 45.4 Å². The molecule has 14 heavy (non-hydrogen) atoms. The van der Waals surface area contributed by atoms with E-state index in [1.54, 1.807) is 0 Å². The van der Waals surface area contributed by atoms with Crippen LogP contribution < -0.4 is 4.72 Å². The third-order valence-corrected chi connectivity index (χ3v) is 4.34. The van der Waals surface area contributed by atoms with Crippen LogP contribution >= 0.6 is 0 Å². The quantitative estimate of drug-likeness (QED) is 0.767. The van der Waals surface area contributed by atoms with Gasteiger partial charge in [-0.2, -0.15) is 0 Å². The Kier molecular flexibility index (Phi) is 4.89. The van der Waals surface area contributed by atoms with E-state index in [1.807, 2.05) is 6.92 Å². The monoisotopic (exact) mass is 219 g/mol. The second-order valence-electron chi connectivity index (χ2n) is 4.17. The maximum absolute atomic E-state index is 11.4. The van der Waals surface area contributed by atoms with Gasteiger partial charge in [0.2, 0.25) is 10.0 Å². The molecule has 0 amide bonds. The van der Waals surface area contributed by atoms with Crippen LogP contribution in [0.25, 0.3) is 0 Å². The highest BCUT2D eigenvalue weighted by Crippen LogP contribution is 2.22. The van der Waals surface area contributed by atoms with Crippen LogP contribution in [-0.4, -0.2) is 20.7 Å². The van der Waals surface area contributed by atoms with Crippen LogP contribution in [0.2, 0.25) is 0 Å². The smallest absolute Gasteiger partial charge is 0.211 e. The van der Waals surface area contributed by atoms with E-state index >= 15 is 0 Å². The summed E-state index contributed by atoms with van der Waals surface area (Å²) in [6.07, 6.45) is 6.92. The van der Waals surface area contributed by atoms with Gasteiger partial charge in [0.15, 0.2) is 0 Å². The predicted octanol–water partition coefficient (Wildman–Crippen LogP) is 1.90. The summed E-state index contributed by atoms with van der Waals surface area (Å²) in [4.78, 5) is 0. The highest BCUT2D eigenvalue weighted by molar-refractivity contribution is 7.89. The lowest BCUT2D eigenvalue weighted by molar-refractivity contribution is 0.357. The predicted molar refractivity (Wildman–Crippen MR) is 58.7 cm³/mol. The summed E-state index contributed by atoms with van der Waals surface area (Å²) in [7, 11) is -2.98. The molecule has 1 rings (SSSR count). The minimum absolute atomic E-state index is 0.264. The van der Waals surface area contributed by atoms with Crippen molar-refractivity contribution in [1.82, 2.24) is 4.72 Å². The Morgan fingerprint density at radius 1 is 1.21 bits per heavy atom. The minimum atomic E-state index is -2.98. The van der Waals surface area contributed by atoms with Gasteiger partial charge in [-0.05, 0) is 25.2 Å². The zero-order valence-corrected chi connectivity index (χ0v) is 9.78. The van der Waals surface area contributed by atoms with Gasteiger partial charge >= 0.3 is 0 Å². The lowest BCUT2D eigenvalue weighted by Crippen LogP contribution is -2.31. The van der Waals surface area contributed by atoms with Crippen LogP contribution in [0.15, 0.2) is 0 Å². The Bertz CT molecular complexity index is 243. The zero-order valence-electron chi connectivity index (χ0n) is 8.96. The molecule has 3 nitrogen and oxygen atoms in total. The Morgan fingerprint density at radius 2 is 1.86 bits per heavy atom. The maximum Gasteiger partial charge on any atom is 0.211 e. The third kappa shape index (κ3) is 4.42. The van der Waals surface area contributed by atoms with E-state index in [1.165, 1.54) is 32.1 Å². The SMILES string of the molecule is CCCS(=O)(=O)NCC1CCCCC1. The molecule has 0 radical (unpaired) electrons. The molecule has 1 N–H and O–H groups in total. The molecular weight excluding hydrogens is 198 g/mol. The summed E-state index contributed by atoms with van der Waals surface area (Å²) in [6.45, 7) is 2.54. The first kappa shape index (κ1) is 12.0. The second kappa shape index (κ2) is 5.71. The molecule has 0 bridgehead atoms. The molecule has 0 saturated heterocycles. The van der Waals surface area contributed by atoms with Crippen molar-refractivity contribution in [3.8, 4) is 0 Å². The van der Waals surface area contributed by atoms with Crippen molar-refractivity contribution in [1.29, 1.82) is 0 Å². The number of hydrogen-bond donors (Lipinski definition) is 1. The highest BCUT2D eigenvalue weighted by Gasteiger charge is 2.16. The van der Waals surface area contributed by atoms with Gasteiger partial charge in [-0.15, -0.1) is 0 Å². The summed E-state index contributed by atoms with van der Waals surface area (Å²) < 4.78 is 25.4. The molecule has 0 aromatic heterocycles. The van der Waals surface area contributed by atoms with E-state index in [4.69, 9.17) is 0 Å². The highest BCUT2D eigenvalue weighted by atomic mass is 32.2. The summed E-state index contributed by atoms with van der Waals surface area (Å²) in [5.41, 5.74) is 0. The fourth-order valence-electron chi connectivity index (χ4n) is 1.98. The molecule has 0 heterocycles. The summed E-state index contributed by atoms with van der Waals surface area (Å²) in [5.74, 6) is 0.843. The molecule has 4 heteroatoms. The van der Waals surface area contributed by atoms with Crippen molar-refractivity contribution in [2.45, 2.75) is 45.4 Å². The molecule has 0 aromatic carbocycles. The average Bonchev–Trinajstić information content (AvgIpc) is 2.17. The lowest BCUT2D eigenvalue weighted by Gasteiger charge is -2.21. The standard InChI is InChI=1S/C10H21NO2S/c1-2-8-14(12,13)11-9-10-6-4-3-5-7-10/h10-11H,2-9H2,1H3. The number of rotatable bonds is 5. The normalized spacial score (nSPS) is 19.8. The molecule has 0 aliphatic heterocycles. The van der Waals surface area contributed by atoms with E-state index in [9.17, 15) is 8.42 Å². The molecule has 1 saturated carbocycles. The number of nitrogens with one attached hydrogen (secondary N) is 1. The Labute approximate surface area is 87.3 Å². The van der Waals surface area contributed by atoms with Gasteiger partial charge in [-0.25, -0.2) is 13.1 Å². The van der Waals surface area contributed by atoms with Gasteiger partial charge in [0.1, 0.15) is 0 Å². The van der Waals surface area contributed by atoms with Gasteiger partial charge in [-0.3, -0.25) is 0 Å². The third-order valence-electron chi connectivity index (χ3n) is 2.79. The van der Waals surface area contributed by atoms with Crippen molar-refractivity contribution in [2.75, 3.05) is 12.3 Å². The van der Waals surface area contributed by atoms with Gasteiger partial charge in [0.05, 0.1) is 5.75 Å². The molecule has 1 aliphatic rings. The molecule has 1 fully saturated rings. The first-order chi connectivity index (χ1) is 6.64. The second-order valence-corrected chi connectivity index (χ2v) is 6.10. The van der Waals surface area contributed by atoms with E-state index < -0.39 is 10.0 Å². The summed E-state index contributed by atoms with van der Waals surface area (Å²) in [6, 6.07) is 0. The Balaban J connectivity index is 2.24. The number of hydrogen-bond acceptors (Lipinski definition) is 2. The minimum Gasteiger partial charge on any atom is -0.215 e. The summed E-state index contributed by atoms with van der Waals surface area (Å²) >= 11 is 0. The van der Waals surface area contributed by atoms with Crippen LogP contribution in [0.4, 0.5) is 0 Å². The molecule has 0 spiro atoms. The van der Waals surface area contributed by atoms with Gasteiger partial charge in [0, 0.05) is 6.54 Å². The van der Waals surface area contributed by atoms with Crippen LogP contribution in [0.3, 0.4) is 0 Å². The first-order valence-electron chi connectivity index (χ1n) is 5.61. The van der Waals surface area contributed by atoms with Crippen LogP contribution in [-0.2, 0) is 10.0 Å². The maximum atomic E-state index is 11.4. The van der Waals surface area contributed by atoms with Crippen LogP contribution in [0, 0.1) is 5.92 Å². The topological polar surface area (TPSA) is 46.2 Å². The van der Waals surface area contributed by atoms with E-state index in [2.05, 4.69) is 4.72 Å². The Hall–Kier alpha value is -0.0900. The van der Waals surface area contributed by atoms with Crippen molar-refractivity contribution in [3.05, 3.63) is 0 Å². The van der Waals surface area contributed by atoms with E-state index in [0.29, 0.717) is 18.9 Å². The molecule has 1 aliphatic carbocycles. The molecule has 84 valence electrons. The Morgan fingerprint density at radius 3 is 2.43 bits per heavy atom. The largest absolute Gasteiger partial charge is 0.215 e. The lowest BCUT2D eigenvalue weighted by atomic mass is 9.90. The fourth-order valence-corrected chi connectivity index (χ4v) is 3.15. The molecule has 0 aromatic rings.